The molecule has 0 saturated heterocycles. The predicted octanol–water partition coefficient (Wildman–Crippen LogP) is 2.63. The summed E-state index contributed by atoms with van der Waals surface area (Å²) < 4.78 is 7.07. The van der Waals surface area contributed by atoms with E-state index in [-0.39, 0.29) is 5.91 Å². The zero-order valence-corrected chi connectivity index (χ0v) is 15.1. The lowest BCUT2D eigenvalue weighted by atomic mass is 9.92. The largest absolute Gasteiger partial charge is 0.361 e. The zero-order chi connectivity index (χ0) is 17.4. The molecule has 1 amide bonds. The highest BCUT2D eigenvalue weighted by molar-refractivity contribution is 5.77. The average Bonchev–Trinajstić information content (AvgIpc) is 2.88. The molecule has 23 heavy (non-hydrogen) atoms. The van der Waals surface area contributed by atoms with Gasteiger partial charge in [-0.2, -0.15) is 5.10 Å². The van der Waals surface area contributed by atoms with E-state index in [2.05, 4.69) is 15.6 Å². The lowest BCUT2D eigenvalue weighted by Gasteiger charge is -2.26. The van der Waals surface area contributed by atoms with Crippen LogP contribution in [0, 0.1) is 27.7 Å². The smallest absolute Gasteiger partial charge is 0.221 e. The molecule has 0 fully saturated rings. The SMILES string of the molecule is Cc1nn(C)c(C)c1CCC(=O)NC(C)(C)c1c(C)noc1C. The molecular weight excluding hydrogens is 292 g/mol. The van der Waals surface area contributed by atoms with Gasteiger partial charge >= 0.3 is 0 Å². The second kappa shape index (κ2) is 6.18. The summed E-state index contributed by atoms with van der Waals surface area (Å²) in [6.45, 7) is 11.7. The standard InChI is InChI=1S/C17H26N4O2/c1-10-14(12(3)21(7)19-10)8-9-15(22)18-17(5,6)16-11(2)20-23-13(16)4/h8-9H2,1-7H3,(H,18,22). The molecule has 6 heteroatoms. The van der Waals surface area contributed by atoms with Gasteiger partial charge in [0.15, 0.2) is 0 Å². The first-order valence-electron chi connectivity index (χ1n) is 7.87. The Morgan fingerprint density at radius 1 is 1.22 bits per heavy atom. The van der Waals surface area contributed by atoms with E-state index >= 15 is 0 Å². The van der Waals surface area contributed by atoms with Crippen LogP contribution in [-0.4, -0.2) is 20.8 Å². The van der Waals surface area contributed by atoms with Gasteiger partial charge in [0.1, 0.15) is 5.76 Å². The molecular formula is C17H26N4O2. The van der Waals surface area contributed by atoms with E-state index in [9.17, 15) is 4.79 Å². The number of carbonyl (C=O) groups is 1. The topological polar surface area (TPSA) is 73.0 Å². The van der Waals surface area contributed by atoms with E-state index in [1.54, 1.807) is 0 Å². The van der Waals surface area contributed by atoms with Gasteiger partial charge in [-0.15, -0.1) is 0 Å². The molecule has 0 aliphatic heterocycles. The number of aryl methyl sites for hydroxylation is 4. The van der Waals surface area contributed by atoms with Gasteiger partial charge in [-0.05, 0) is 53.5 Å². The number of nitrogens with zero attached hydrogens (tertiary/aromatic N) is 3. The van der Waals surface area contributed by atoms with Crippen LogP contribution in [0.4, 0.5) is 0 Å². The maximum atomic E-state index is 12.4. The molecule has 2 aromatic rings. The van der Waals surface area contributed by atoms with Crippen LogP contribution in [0.1, 0.15) is 54.2 Å². The normalized spacial score (nSPS) is 11.8. The summed E-state index contributed by atoms with van der Waals surface area (Å²) in [5.74, 6) is 0.754. The predicted molar refractivity (Wildman–Crippen MR) is 88.1 cm³/mol. The second-order valence-corrected chi connectivity index (χ2v) is 6.65. The van der Waals surface area contributed by atoms with Gasteiger partial charge in [0.25, 0.3) is 0 Å². The summed E-state index contributed by atoms with van der Waals surface area (Å²) in [6, 6.07) is 0. The Hall–Kier alpha value is -2.11. The van der Waals surface area contributed by atoms with E-state index in [4.69, 9.17) is 4.52 Å². The fourth-order valence-corrected chi connectivity index (χ4v) is 3.27. The average molecular weight is 318 g/mol. The highest BCUT2D eigenvalue weighted by atomic mass is 16.5. The van der Waals surface area contributed by atoms with Crippen molar-refractivity contribution in [2.45, 2.75) is 59.9 Å². The van der Waals surface area contributed by atoms with E-state index in [0.29, 0.717) is 12.8 Å². The molecule has 0 saturated carbocycles. The van der Waals surface area contributed by atoms with Crippen LogP contribution in [-0.2, 0) is 23.8 Å². The lowest BCUT2D eigenvalue weighted by molar-refractivity contribution is -0.122. The maximum absolute atomic E-state index is 12.4. The van der Waals surface area contributed by atoms with Crippen molar-refractivity contribution in [1.82, 2.24) is 20.3 Å². The van der Waals surface area contributed by atoms with E-state index < -0.39 is 5.54 Å². The minimum Gasteiger partial charge on any atom is -0.361 e. The van der Waals surface area contributed by atoms with Crippen LogP contribution in [0.2, 0.25) is 0 Å². The summed E-state index contributed by atoms with van der Waals surface area (Å²) in [5.41, 5.74) is 4.50. The van der Waals surface area contributed by atoms with Crippen molar-refractivity contribution in [1.29, 1.82) is 0 Å². The molecule has 0 atom stereocenters. The molecule has 0 radical (unpaired) electrons. The molecule has 0 spiro atoms. The van der Waals surface area contributed by atoms with Crippen LogP contribution in [0.25, 0.3) is 0 Å². The first-order valence-corrected chi connectivity index (χ1v) is 7.87. The summed E-state index contributed by atoms with van der Waals surface area (Å²) in [6.07, 6.45) is 1.12. The molecule has 126 valence electrons. The third-order valence-electron chi connectivity index (χ3n) is 4.37. The molecule has 2 heterocycles. The zero-order valence-electron chi connectivity index (χ0n) is 15.1. The van der Waals surface area contributed by atoms with Gasteiger partial charge in [-0.1, -0.05) is 5.16 Å². The Morgan fingerprint density at radius 2 is 1.87 bits per heavy atom. The van der Waals surface area contributed by atoms with Gasteiger partial charge in [0.05, 0.1) is 16.9 Å². The van der Waals surface area contributed by atoms with Crippen LogP contribution in [0.3, 0.4) is 0 Å². The molecule has 0 aliphatic rings. The summed E-state index contributed by atoms with van der Waals surface area (Å²) >= 11 is 0. The van der Waals surface area contributed by atoms with Crippen molar-refractivity contribution in [3.05, 3.63) is 34.0 Å². The Kier molecular flexibility index (Phi) is 4.63. The number of rotatable bonds is 5. The van der Waals surface area contributed by atoms with Crippen molar-refractivity contribution in [3.63, 3.8) is 0 Å². The molecule has 0 bridgehead atoms. The van der Waals surface area contributed by atoms with Gasteiger partial charge in [-0.3, -0.25) is 9.48 Å². The Bertz CT molecular complexity index is 706. The molecule has 0 aliphatic carbocycles. The number of aromatic nitrogens is 3. The van der Waals surface area contributed by atoms with E-state index in [0.717, 1.165) is 34.0 Å². The quantitative estimate of drug-likeness (QED) is 0.920. The van der Waals surface area contributed by atoms with Crippen molar-refractivity contribution in [3.8, 4) is 0 Å². The minimum atomic E-state index is -0.510. The van der Waals surface area contributed by atoms with Gasteiger partial charge in [0.2, 0.25) is 5.91 Å². The molecule has 6 nitrogen and oxygen atoms in total. The van der Waals surface area contributed by atoms with E-state index in [1.807, 2.05) is 53.3 Å². The number of carbonyl (C=O) groups excluding carboxylic acids is 1. The number of hydrogen-bond acceptors (Lipinski definition) is 4. The molecule has 1 N–H and O–H groups in total. The van der Waals surface area contributed by atoms with Crippen molar-refractivity contribution in [2.24, 2.45) is 7.05 Å². The van der Waals surface area contributed by atoms with Gasteiger partial charge in [0, 0.05) is 24.7 Å². The second-order valence-electron chi connectivity index (χ2n) is 6.65. The minimum absolute atomic E-state index is 0.0117. The third-order valence-corrected chi connectivity index (χ3v) is 4.37. The summed E-state index contributed by atoms with van der Waals surface area (Å²) in [5, 5.41) is 11.5. The Labute approximate surface area is 137 Å². The van der Waals surface area contributed by atoms with Crippen LogP contribution in [0.15, 0.2) is 4.52 Å². The van der Waals surface area contributed by atoms with Gasteiger partial charge < -0.3 is 9.84 Å². The number of amides is 1. The van der Waals surface area contributed by atoms with Gasteiger partial charge in [-0.25, -0.2) is 0 Å². The molecule has 2 rings (SSSR count). The van der Waals surface area contributed by atoms with Crippen molar-refractivity contribution in [2.75, 3.05) is 0 Å². The summed E-state index contributed by atoms with van der Waals surface area (Å²) in [4.78, 5) is 12.4. The lowest BCUT2D eigenvalue weighted by Crippen LogP contribution is -2.41. The van der Waals surface area contributed by atoms with Crippen molar-refractivity contribution >= 4 is 5.91 Å². The fourth-order valence-electron chi connectivity index (χ4n) is 3.27. The Morgan fingerprint density at radius 3 is 2.35 bits per heavy atom. The fraction of sp³-hybridized carbons (Fsp3) is 0.588. The third kappa shape index (κ3) is 3.46. The van der Waals surface area contributed by atoms with Crippen molar-refractivity contribution < 1.29 is 9.32 Å². The van der Waals surface area contributed by atoms with Crippen LogP contribution >= 0.6 is 0 Å². The molecule has 0 unspecified atom stereocenters. The van der Waals surface area contributed by atoms with Crippen LogP contribution < -0.4 is 5.32 Å². The first-order chi connectivity index (χ1) is 10.6. The monoisotopic (exact) mass is 318 g/mol. The summed E-state index contributed by atoms with van der Waals surface area (Å²) in [7, 11) is 1.92. The molecule has 0 aromatic carbocycles. The van der Waals surface area contributed by atoms with E-state index in [1.165, 1.54) is 0 Å². The highest BCUT2D eigenvalue weighted by Gasteiger charge is 2.29. The number of hydrogen-bond donors (Lipinski definition) is 1. The van der Waals surface area contributed by atoms with Crippen LogP contribution in [0.5, 0.6) is 0 Å². The number of nitrogens with one attached hydrogen (secondary N) is 1. The maximum Gasteiger partial charge on any atom is 0.221 e. The molecule has 2 aromatic heterocycles. The first kappa shape index (κ1) is 17.2. The highest BCUT2D eigenvalue weighted by Crippen LogP contribution is 2.27. The Balaban J connectivity index is 2.05.